The third kappa shape index (κ3) is 7.56. The average molecular weight is 770 g/mol. The summed E-state index contributed by atoms with van der Waals surface area (Å²) in [7, 11) is 0.692. The normalized spacial score (nSPS) is 29.9. The summed E-state index contributed by atoms with van der Waals surface area (Å²) < 4.78 is 62.6. The number of nitrogens with one attached hydrogen (secondary N) is 1. The summed E-state index contributed by atoms with van der Waals surface area (Å²) in [5.74, 6) is -2.24. The van der Waals surface area contributed by atoms with Gasteiger partial charge in [-0.1, -0.05) is 24.6 Å². The van der Waals surface area contributed by atoms with Crippen molar-refractivity contribution in [2.45, 2.75) is 56.7 Å². The average Bonchev–Trinajstić information content (AvgIpc) is 3.71. The maximum Gasteiger partial charge on any atom is 0.286 e. The van der Waals surface area contributed by atoms with Crippen molar-refractivity contribution in [2.24, 2.45) is 23.2 Å². The van der Waals surface area contributed by atoms with Gasteiger partial charge in [0.05, 0.1) is 31.3 Å². The van der Waals surface area contributed by atoms with Crippen LogP contribution in [0.25, 0.3) is 0 Å². The zero-order valence-electron chi connectivity index (χ0n) is 30.3. The minimum atomic E-state index is -3.76. The minimum absolute atomic E-state index is 0.0240. The highest BCUT2D eigenvalue weighted by molar-refractivity contribution is 7.92. The molecule has 1 spiro atoms. The fraction of sp³-hybridized carbons (Fsp3) is 0.500. The Kier molecular flexibility index (Phi) is 10.6. The van der Waals surface area contributed by atoms with Gasteiger partial charge in [-0.15, -0.1) is 9.46 Å². The number of halogens is 2. The van der Waals surface area contributed by atoms with Gasteiger partial charge in [-0.25, -0.2) is 8.60 Å². The molecule has 15 heteroatoms. The summed E-state index contributed by atoms with van der Waals surface area (Å²) in [5.41, 5.74) is 2.84. The lowest BCUT2D eigenvalue weighted by Crippen LogP contribution is -2.48. The summed E-state index contributed by atoms with van der Waals surface area (Å²) in [6, 6.07) is 11.1. The lowest BCUT2D eigenvalue weighted by molar-refractivity contribution is -0.0322. The van der Waals surface area contributed by atoms with Crippen LogP contribution >= 0.6 is 11.6 Å². The van der Waals surface area contributed by atoms with Crippen LogP contribution in [0.5, 0.6) is 11.6 Å². The Morgan fingerprint density at radius 1 is 1.21 bits per heavy atom. The standard InChI is InChI=1S/C38H45ClFN5O7S/c1-23-7-11-30(40)34(49-3)33-26(13-15-51-33)18-45-21-38(14-5-6-24-16-27(39)9-10-29(24)38)22-52-32-12-8-25(17-31(32)45)35(46)42-53(48,20-23)43-36(47)28-19-44(2)41-37(28)50-4/h8-12,16-17,19,23,26,33-34H,5-7,13-15,18,20-22H2,1-4H3,(H,42,43,46,47,48)/b30-11-/t23-,26-,33+,34?,38-,53?/m0/s1. The predicted molar refractivity (Wildman–Crippen MR) is 199 cm³/mol. The highest BCUT2D eigenvalue weighted by Gasteiger charge is 2.45. The van der Waals surface area contributed by atoms with Gasteiger partial charge in [0.1, 0.15) is 33.2 Å². The zero-order valence-corrected chi connectivity index (χ0v) is 31.9. The first-order valence-corrected chi connectivity index (χ1v) is 20.0. The number of benzene rings is 2. The lowest BCUT2D eigenvalue weighted by Gasteiger charge is -2.42. The Balaban J connectivity index is 1.33. The number of nitrogens with zero attached hydrogens (tertiary/aromatic N) is 4. The van der Waals surface area contributed by atoms with E-state index in [1.807, 2.05) is 12.1 Å². The number of aromatic nitrogens is 2. The molecule has 284 valence electrons. The van der Waals surface area contributed by atoms with E-state index in [0.717, 1.165) is 19.3 Å². The molecule has 0 saturated carbocycles. The number of hydrogen-bond acceptors (Lipinski definition) is 9. The summed E-state index contributed by atoms with van der Waals surface area (Å²) in [4.78, 5) is 29.7. The van der Waals surface area contributed by atoms with Crippen molar-refractivity contribution in [3.05, 3.63) is 81.8 Å². The monoisotopic (exact) mass is 769 g/mol. The van der Waals surface area contributed by atoms with Crippen LogP contribution in [-0.4, -0.2) is 84.3 Å². The van der Waals surface area contributed by atoms with Gasteiger partial charge in [-0.05, 0) is 85.6 Å². The van der Waals surface area contributed by atoms with Gasteiger partial charge in [0, 0.05) is 62.0 Å². The molecule has 53 heavy (non-hydrogen) atoms. The van der Waals surface area contributed by atoms with E-state index in [1.54, 1.807) is 32.2 Å². The first kappa shape index (κ1) is 37.3. The van der Waals surface area contributed by atoms with E-state index in [-0.39, 0.29) is 35.1 Å². The first-order valence-electron chi connectivity index (χ1n) is 17.9. The number of rotatable bonds is 4. The molecule has 1 aromatic heterocycles. The van der Waals surface area contributed by atoms with Crippen molar-refractivity contribution < 1.29 is 37.1 Å². The van der Waals surface area contributed by atoms with Gasteiger partial charge in [0.25, 0.3) is 11.8 Å². The van der Waals surface area contributed by atoms with Gasteiger partial charge in [-0.2, -0.15) is 0 Å². The SMILES string of the molecule is COc1nn(C)cc1C(=O)NS1(=O)=NC(=O)c2ccc3c(c2)N(C[C@@H]2CCO[C@H]2C(OC)/C(F)=C/C[C@H](C)C1)C[C@@]1(CCCc2cc(Cl)ccc21)CO3. The maximum absolute atomic E-state index is 16.1. The van der Waals surface area contributed by atoms with Crippen LogP contribution in [-0.2, 0) is 38.3 Å². The Labute approximate surface area is 314 Å². The predicted octanol–water partition coefficient (Wildman–Crippen LogP) is 5.82. The van der Waals surface area contributed by atoms with Crippen molar-refractivity contribution in [3.8, 4) is 11.6 Å². The fourth-order valence-electron chi connectivity index (χ4n) is 8.27. The molecule has 1 saturated heterocycles. The van der Waals surface area contributed by atoms with E-state index in [4.69, 9.17) is 30.5 Å². The van der Waals surface area contributed by atoms with Crippen LogP contribution in [0.15, 0.2) is 58.9 Å². The van der Waals surface area contributed by atoms with Crippen LogP contribution in [0.2, 0.25) is 5.02 Å². The number of methoxy groups -OCH3 is 2. The van der Waals surface area contributed by atoms with Gasteiger partial charge in [0.2, 0.25) is 5.88 Å². The Hall–Kier alpha value is -3.98. The fourth-order valence-corrected chi connectivity index (χ4v) is 10.3. The summed E-state index contributed by atoms with van der Waals surface area (Å²) in [6.45, 7) is 3.64. The van der Waals surface area contributed by atoms with E-state index in [9.17, 15) is 13.8 Å². The van der Waals surface area contributed by atoms with Crippen molar-refractivity contribution in [1.82, 2.24) is 14.5 Å². The molecule has 0 radical (unpaired) electrons. The van der Waals surface area contributed by atoms with Crippen LogP contribution in [0.4, 0.5) is 10.1 Å². The summed E-state index contributed by atoms with van der Waals surface area (Å²) >= 11 is 6.44. The lowest BCUT2D eigenvalue weighted by atomic mass is 9.70. The number of carbonyl (C=O) groups is 2. The Morgan fingerprint density at radius 2 is 2.04 bits per heavy atom. The van der Waals surface area contributed by atoms with Crippen LogP contribution in [0.3, 0.4) is 0 Å². The maximum atomic E-state index is 16.1. The van der Waals surface area contributed by atoms with Crippen LogP contribution in [0.1, 0.15) is 64.4 Å². The van der Waals surface area contributed by atoms with E-state index in [0.29, 0.717) is 49.2 Å². The number of anilines is 1. The number of allylic oxidation sites excluding steroid dienone is 1. The number of aryl methyl sites for hydroxylation is 2. The highest BCUT2D eigenvalue weighted by Crippen LogP contribution is 2.45. The number of hydrogen-bond donors (Lipinski definition) is 1. The molecular formula is C38H45ClFN5O7S. The second kappa shape index (κ2) is 15.0. The minimum Gasteiger partial charge on any atom is -0.490 e. The van der Waals surface area contributed by atoms with Crippen molar-refractivity contribution in [2.75, 3.05) is 51.2 Å². The highest BCUT2D eigenvalue weighted by atomic mass is 35.5. The largest absolute Gasteiger partial charge is 0.490 e. The molecule has 6 atom stereocenters. The van der Waals surface area contributed by atoms with Crippen LogP contribution < -0.4 is 19.1 Å². The first-order chi connectivity index (χ1) is 25.4. The molecule has 3 aromatic rings. The third-order valence-corrected chi connectivity index (χ3v) is 13.0. The van der Waals surface area contributed by atoms with Gasteiger partial charge >= 0.3 is 0 Å². The molecular weight excluding hydrogens is 725 g/mol. The topological polar surface area (TPSA) is 134 Å². The summed E-state index contributed by atoms with van der Waals surface area (Å²) in [6.07, 6.45) is 4.87. The molecule has 1 fully saturated rings. The number of carbonyl (C=O) groups excluding carboxylic acids is 2. The number of fused-ring (bicyclic) bond motifs is 4. The molecule has 2 bridgehead atoms. The Morgan fingerprint density at radius 3 is 2.83 bits per heavy atom. The molecule has 3 aliphatic heterocycles. The Bertz CT molecular complexity index is 2070. The van der Waals surface area contributed by atoms with Gasteiger partial charge in [0.15, 0.2) is 0 Å². The molecule has 1 N–H and O–H groups in total. The second-order valence-corrected chi connectivity index (χ2v) is 17.1. The quantitative estimate of drug-likeness (QED) is 0.349. The number of amides is 2. The zero-order chi connectivity index (χ0) is 37.5. The third-order valence-electron chi connectivity index (χ3n) is 10.8. The molecule has 4 heterocycles. The summed E-state index contributed by atoms with van der Waals surface area (Å²) in [5, 5.41) is 4.80. The van der Waals surface area contributed by atoms with Crippen LogP contribution in [0, 0.1) is 11.8 Å². The van der Waals surface area contributed by atoms with E-state index in [1.165, 1.54) is 42.3 Å². The molecule has 4 aliphatic rings. The van der Waals surface area contributed by atoms with E-state index < -0.39 is 51.1 Å². The molecule has 2 aromatic carbocycles. The van der Waals surface area contributed by atoms with E-state index in [2.05, 4.69) is 25.1 Å². The smallest absolute Gasteiger partial charge is 0.286 e. The molecule has 12 nitrogen and oxygen atoms in total. The second-order valence-electron chi connectivity index (χ2n) is 14.6. The van der Waals surface area contributed by atoms with Crippen molar-refractivity contribution in [1.29, 1.82) is 0 Å². The molecule has 1 aliphatic carbocycles. The van der Waals surface area contributed by atoms with Crippen molar-refractivity contribution >= 4 is 39.0 Å². The van der Waals surface area contributed by atoms with E-state index >= 15 is 4.39 Å². The van der Waals surface area contributed by atoms with Gasteiger partial charge in [-0.3, -0.25) is 19.0 Å². The van der Waals surface area contributed by atoms with Gasteiger partial charge < -0.3 is 23.8 Å². The molecule has 7 rings (SSSR count). The molecule has 2 amide bonds. The number of ether oxygens (including phenoxy) is 4. The van der Waals surface area contributed by atoms with Crippen molar-refractivity contribution in [3.63, 3.8) is 0 Å². The molecule has 2 unspecified atom stereocenters.